The maximum Gasteiger partial charge on any atom is 0.251 e. The van der Waals surface area contributed by atoms with Crippen LogP contribution in [-0.4, -0.2) is 35.0 Å². The molecule has 3 aliphatic rings. The van der Waals surface area contributed by atoms with Gasteiger partial charge in [-0.05, 0) is 87.1 Å². The van der Waals surface area contributed by atoms with Gasteiger partial charge in [0.1, 0.15) is 5.82 Å². The van der Waals surface area contributed by atoms with Crippen LogP contribution in [0, 0.1) is 12.3 Å². The first-order valence-corrected chi connectivity index (χ1v) is 12.8. The highest BCUT2D eigenvalue weighted by molar-refractivity contribution is 7.18. The zero-order valence-corrected chi connectivity index (χ0v) is 19.5. The number of anilines is 1. The van der Waals surface area contributed by atoms with E-state index in [4.69, 9.17) is 4.98 Å². The molecular weight excluding hydrogens is 416 g/mol. The number of benzene rings is 1. The van der Waals surface area contributed by atoms with Crippen LogP contribution in [0.15, 0.2) is 36.5 Å². The molecule has 2 aliphatic carbocycles. The lowest BCUT2D eigenvalue weighted by Gasteiger charge is -2.57. The summed E-state index contributed by atoms with van der Waals surface area (Å²) in [5, 5.41) is 4.57. The van der Waals surface area contributed by atoms with Crippen molar-refractivity contribution in [1.82, 2.24) is 15.3 Å². The molecule has 1 amide bonds. The Bertz CT molecular complexity index is 1150. The monoisotopic (exact) mass is 446 g/mol. The van der Waals surface area contributed by atoms with Crippen LogP contribution < -0.4 is 10.2 Å². The second kappa shape index (κ2) is 7.84. The van der Waals surface area contributed by atoms with Crippen LogP contribution in [0.5, 0.6) is 0 Å². The van der Waals surface area contributed by atoms with Gasteiger partial charge in [0.05, 0.1) is 15.2 Å². The zero-order valence-electron chi connectivity index (χ0n) is 18.6. The van der Waals surface area contributed by atoms with Crippen molar-refractivity contribution >= 4 is 33.3 Å². The molecule has 166 valence electrons. The van der Waals surface area contributed by atoms with Crippen LogP contribution in [0.3, 0.4) is 0 Å². The molecule has 0 radical (unpaired) electrons. The third-order valence-corrected chi connectivity index (χ3v) is 8.85. The highest BCUT2D eigenvalue weighted by atomic mass is 32.1. The molecular formula is C26H30N4OS. The van der Waals surface area contributed by atoms with E-state index in [1.54, 1.807) is 6.20 Å². The SMILES string of the molecule is Cc1ccc2sc(C3CC4(CC(NC(=O)c5ccnc(N6CCCCC6)c5)C4)C3)nc2c1. The van der Waals surface area contributed by atoms with E-state index in [-0.39, 0.29) is 5.91 Å². The van der Waals surface area contributed by atoms with Crippen LogP contribution in [0.25, 0.3) is 10.2 Å². The predicted molar refractivity (Wildman–Crippen MR) is 130 cm³/mol. The maximum atomic E-state index is 12.8. The molecule has 0 bridgehead atoms. The standard InChI is InChI=1S/C26H30N4OS/c1-17-5-6-22-21(11-17)29-25(32-22)19-13-26(14-19)15-20(16-26)28-24(31)18-7-8-27-23(12-18)30-9-3-2-4-10-30/h5-8,11-12,19-20H,2-4,9-10,13-16H2,1H3,(H,28,31). The molecule has 1 N–H and O–H groups in total. The van der Waals surface area contributed by atoms with Gasteiger partial charge < -0.3 is 10.2 Å². The number of hydrogen-bond acceptors (Lipinski definition) is 5. The second-order valence-electron chi connectivity index (χ2n) is 10.2. The lowest BCUT2D eigenvalue weighted by Crippen LogP contribution is -2.55. The molecule has 5 nitrogen and oxygen atoms in total. The third kappa shape index (κ3) is 3.68. The van der Waals surface area contributed by atoms with E-state index < -0.39 is 0 Å². The van der Waals surface area contributed by atoms with Crippen molar-refractivity contribution in [2.45, 2.75) is 63.8 Å². The summed E-state index contributed by atoms with van der Waals surface area (Å²) in [6, 6.07) is 10.7. The summed E-state index contributed by atoms with van der Waals surface area (Å²) in [5.74, 6) is 1.58. The number of fused-ring (bicyclic) bond motifs is 1. The molecule has 6 rings (SSSR count). The number of amides is 1. The molecule has 2 aromatic heterocycles. The molecule has 3 aromatic rings. The van der Waals surface area contributed by atoms with Gasteiger partial charge in [0.2, 0.25) is 0 Å². The number of piperidine rings is 1. The van der Waals surface area contributed by atoms with Crippen molar-refractivity contribution in [2.75, 3.05) is 18.0 Å². The quantitative estimate of drug-likeness (QED) is 0.579. The van der Waals surface area contributed by atoms with Crippen molar-refractivity contribution < 1.29 is 4.79 Å². The van der Waals surface area contributed by atoms with Crippen LogP contribution in [0.1, 0.15) is 71.8 Å². The summed E-state index contributed by atoms with van der Waals surface area (Å²) in [7, 11) is 0. The number of thiazole rings is 1. The van der Waals surface area contributed by atoms with Gasteiger partial charge in [0, 0.05) is 36.8 Å². The first-order chi connectivity index (χ1) is 15.6. The fraction of sp³-hybridized carbons (Fsp3) is 0.500. The zero-order chi connectivity index (χ0) is 21.7. The first kappa shape index (κ1) is 20.2. The van der Waals surface area contributed by atoms with E-state index in [0.717, 1.165) is 42.8 Å². The average molecular weight is 447 g/mol. The third-order valence-electron chi connectivity index (χ3n) is 7.65. The fourth-order valence-electron chi connectivity index (χ4n) is 5.94. The van der Waals surface area contributed by atoms with Gasteiger partial charge in [0.25, 0.3) is 5.91 Å². The first-order valence-electron chi connectivity index (χ1n) is 12.0. The molecule has 3 fully saturated rings. The minimum absolute atomic E-state index is 0.0444. The van der Waals surface area contributed by atoms with Crippen LogP contribution in [0.4, 0.5) is 5.82 Å². The molecule has 1 aliphatic heterocycles. The maximum absolute atomic E-state index is 12.8. The molecule has 3 heterocycles. The fourth-order valence-corrected chi connectivity index (χ4v) is 6.98. The van der Waals surface area contributed by atoms with Crippen molar-refractivity contribution in [2.24, 2.45) is 5.41 Å². The van der Waals surface area contributed by atoms with Gasteiger partial charge in [-0.25, -0.2) is 9.97 Å². The smallest absolute Gasteiger partial charge is 0.251 e. The van der Waals surface area contributed by atoms with Crippen molar-refractivity contribution in [1.29, 1.82) is 0 Å². The van der Waals surface area contributed by atoms with Crippen molar-refractivity contribution in [3.05, 3.63) is 52.7 Å². The Hall–Kier alpha value is -2.47. The number of aryl methyl sites for hydroxylation is 1. The van der Waals surface area contributed by atoms with Gasteiger partial charge >= 0.3 is 0 Å². The Kier molecular flexibility index (Phi) is 4.94. The molecule has 1 saturated heterocycles. The van der Waals surface area contributed by atoms with Gasteiger partial charge in [0.15, 0.2) is 0 Å². The Morgan fingerprint density at radius 2 is 1.91 bits per heavy atom. The predicted octanol–water partition coefficient (Wildman–Crippen LogP) is 5.45. The van der Waals surface area contributed by atoms with E-state index in [2.05, 4.69) is 40.3 Å². The molecule has 0 unspecified atom stereocenters. The van der Waals surface area contributed by atoms with Crippen LogP contribution >= 0.6 is 11.3 Å². The second-order valence-corrected chi connectivity index (χ2v) is 11.2. The lowest BCUT2D eigenvalue weighted by atomic mass is 9.50. The van der Waals surface area contributed by atoms with E-state index >= 15 is 0 Å². The van der Waals surface area contributed by atoms with E-state index in [9.17, 15) is 4.79 Å². The molecule has 32 heavy (non-hydrogen) atoms. The Labute approximate surface area is 193 Å². The minimum atomic E-state index is 0.0444. The van der Waals surface area contributed by atoms with E-state index in [1.165, 1.54) is 47.4 Å². The Morgan fingerprint density at radius 1 is 1.09 bits per heavy atom. The Morgan fingerprint density at radius 3 is 2.72 bits per heavy atom. The largest absolute Gasteiger partial charge is 0.357 e. The molecule has 0 atom stereocenters. The topological polar surface area (TPSA) is 58.1 Å². The number of carbonyl (C=O) groups excluding carboxylic acids is 1. The average Bonchev–Trinajstić information content (AvgIpc) is 3.17. The Balaban J connectivity index is 1.03. The van der Waals surface area contributed by atoms with Gasteiger partial charge in [-0.3, -0.25) is 4.79 Å². The number of hydrogen-bond donors (Lipinski definition) is 1. The summed E-state index contributed by atoms with van der Waals surface area (Å²) in [6.07, 6.45) is 10.1. The number of rotatable bonds is 4. The summed E-state index contributed by atoms with van der Waals surface area (Å²) >= 11 is 1.86. The number of pyridine rings is 1. The number of nitrogens with one attached hydrogen (secondary N) is 1. The molecule has 6 heteroatoms. The summed E-state index contributed by atoms with van der Waals surface area (Å²) < 4.78 is 1.30. The number of aromatic nitrogens is 2. The van der Waals surface area contributed by atoms with Gasteiger partial charge in [-0.2, -0.15) is 0 Å². The molecule has 1 spiro atoms. The summed E-state index contributed by atoms with van der Waals surface area (Å²) in [6.45, 7) is 4.21. The van der Waals surface area contributed by atoms with Crippen molar-refractivity contribution in [3.63, 3.8) is 0 Å². The van der Waals surface area contributed by atoms with Crippen LogP contribution in [-0.2, 0) is 0 Å². The molecule has 1 aromatic carbocycles. The van der Waals surface area contributed by atoms with Gasteiger partial charge in [-0.15, -0.1) is 11.3 Å². The van der Waals surface area contributed by atoms with Crippen molar-refractivity contribution in [3.8, 4) is 0 Å². The summed E-state index contributed by atoms with van der Waals surface area (Å²) in [4.78, 5) is 24.6. The number of carbonyl (C=O) groups is 1. The van der Waals surface area contributed by atoms with E-state index in [1.807, 2.05) is 23.5 Å². The minimum Gasteiger partial charge on any atom is -0.357 e. The van der Waals surface area contributed by atoms with Crippen LogP contribution in [0.2, 0.25) is 0 Å². The normalized spacial score (nSPS) is 27.2. The molecule has 2 saturated carbocycles. The lowest BCUT2D eigenvalue weighted by molar-refractivity contribution is -0.0187. The van der Waals surface area contributed by atoms with Gasteiger partial charge in [-0.1, -0.05) is 6.07 Å². The summed E-state index contributed by atoms with van der Waals surface area (Å²) in [5.41, 5.74) is 3.58. The highest BCUT2D eigenvalue weighted by Gasteiger charge is 2.54. The highest BCUT2D eigenvalue weighted by Crippen LogP contribution is 2.62. The number of nitrogens with zero attached hydrogens (tertiary/aromatic N) is 3. The van der Waals surface area contributed by atoms with E-state index in [0.29, 0.717) is 17.4 Å².